The number of thiazole rings is 1. The van der Waals surface area contributed by atoms with Crippen LogP contribution in [0.1, 0.15) is 18.4 Å². The number of aromatic nitrogens is 3. The lowest BCUT2D eigenvalue weighted by Crippen LogP contribution is -2.32. The third-order valence-electron chi connectivity index (χ3n) is 5.39. The summed E-state index contributed by atoms with van der Waals surface area (Å²) in [7, 11) is 3.26. The molecular formula is C25H28N4O3S2. The molecule has 0 aliphatic heterocycles. The van der Waals surface area contributed by atoms with Gasteiger partial charge in [0.25, 0.3) is 0 Å². The highest BCUT2D eigenvalue weighted by atomic mass is 32.2. The zero-order valence-corrected chi connectivity index (χ0v) is 21.2. The molecule has 4 aromatic rings. The van der Waals surface area contributed by atoms with E-state index in [1.165, 1.54) is 21.8 Å². The monoisotopic (exact) mass is 496 g/mol. The Morgan fingerprint density at radius 2 is 1.88 bits per heavy atom. The van der Waals surface area contributed by atoms with Crippen LogP contribution in [0.5, 0.6) is 11.5 Å². The highest BCUT2D eigenvalue weighted by Crippen LogP contribution is 2.40. The first-order valence-electron chi connectivity index (χ1n) is 11.1. The Morgan fingerprint density at radius 3 is 2.59 bits per heavy atom. The zero-order valence-electron chi connectivity index (χ0n) is 19.6. The SMILES string of the molecule is COc1ccc(OC)c2sc(N(CCCn3ccnc3)C(=O)CCSc3ccc(C)cc3)nc12. The molecule has 0 bridgehead atoms. The van der Waals surface area contributed by atoms with Gasteiger partial charge in [-0.15, -0.1) is 11.8 Å². The Balaban J connectivity index is 1.53. The molecule has 34 heavy (non-hydrogen) atoms. The summed E-state index contributed by atoms with van der Waals surface area (Å²) >= 11 is 3.15. The summed E-state index contributed by atoms with van der Waals surface area (Å²) in [6.07, 6.45) is 6.69. The van der Waals surface area contributed by atoms with Crippen molar-refractivity contribution in [3.8, 4) is 11.5 Å². The zero-order chi connectivity index (χ0) is 23.9. The van der Waals surface area contributed by atoms with Gasteiger partial charge < -0.3 is 14.0 Å². The normalized spacial score (nSPS) is 11.0. The number of carbonyl (C=O) groups excluding carboxylic acids is 1. The fourth-order valence-corrected chi connectivity index (χ4v) is 5.53. The second-order valence-electron chi connectivity index (χ2n) is 7.76. The molecule has 0 fully saturated rings. The maximum atomic E-state index is 13.4. The lowest BCUT2D eigenvalue weighted by molar-refractivity contribution is -0.118. The van der Waals surface area contributed by atoms with E-state index in [1.54, 1.807) is 43.4 Å². The molecule has 0 atom stereocenters. The number of hydrogen-bond acceptors (Lipinski definition) is 7. The van der Waals surface area contributed by atoms with Crippen molar-refractivity contribution in [1.29, 1.82) is 0 Å². The van der Waals surface area contributed by atoms with Gasteiger partial charge >= 0.3 is 0 Å². The first-order valence-corrected chi connectivity index (χ1v) is 12.9. The molecule has 0 spiro atoms. The minimum absolute atomic E-state index is 0.0576. The first kappa shape index (κ1) is 24.1. The van der Waals surface area contributed by atoms with E-state index in [0.29, 0.717) is 35.1 Å². The van der Waals surface area contributed by atoms with Gasteiger partial charge in [0, 0.05) is 42.6 Å². The number of carbonyl (C=O) groups is 1. The average molecular weight is 497 g/mol. The standard InChI is InChI=1S/C25H28N4O3S2/c1-18-5-7-19(8-6-18)33-16-11-22(30)29(14-4-13-28-15-12-26-17-28)25-27-23-20(31-2)9-10-21(32-3)24(23)34-25/h5-10,12,15,17H,4,11,13-14,16H2,1-3H3. The van der Waals surface area contributed by atoms with E-state index in [1.807, 2.05) is 22.9 Å². The number of aryl methyl sites for hydroxylation is 2. The average Bonchev–Trinajstić information content (AvgIpc) is 3.52. The minimum Gasteiger partial charge on any atom is -0.495 e. The van der Waals surface area contributed by atoms with Gasteiger partial charge in [-0.05, 0) is 37.6 Å². The molecular weight excluding hydrogens is 468 g/mol. The fraction of sp³-hybridized carbons (Fsp3) is 0.320. The fourth-order valence-electron chi connectivity index (χ4n) is 3.57. The smallest absolute Gasteiger partial charge is 0.229 e. The molecule has 9 heteroatoms. The molecule has 0 saturated heterocycles. The summed E-state index contributed by atoms with van der Waals surface area (Å²) in [5.41, 5.74) is 1.94. The number of benzene rings is 2. The minimum atomic E-state index is 0.0576. The third-order valence-corrected chi connectivity index (χ3v) is 7.50. The summed E-state index contributed by atoms with van der Waals surface area (Å²) in [4.78, 5) is 25.2. The Morgan fingerprint density at radius 1 is 1.12 bits per heavy atom. The predicted molar refractivity (Wildman–Crippen MR) is 138 cm³/mol. The van der Waals surface area contributed by atoms with E-state index >= 15 is 0 Å². The van der Waals surface area contributed by atoms with E-state index in [-0.39, 0.29) is 5.91 Å². The van der Waals surface area contributed by atoms with Gasteiger partial charge in [-0.2, -0.15) is 0 Å². The lowest BCUT2D eigenvalue weighted by Gasteiger charge is -2.20. The highest BCUT2D eigenvalue weighted by Gasteiger charge is 2.22. The second-order valence-corrected chi connectivity index (χ2v) is 9.90. The molecule has 2 heterocycles. The molecule has 2 aromatic heterocycles. The van der Waals surface area contributed by atoms with Crippen molar-refractivity contribution in [1.82, 2.24) is 14.5 Å². The van der Waals surface area contributed by atoms with Crippen molar-refractivity contribution in [3.05, 3.63) is 60.7 Å². The van der Waals surface area contributed by atoms with Gasteiger partial charge in [0.05, 0.1) is 20.5 Å². The van der Waals surface area contributed by atoms with Crippen molar-refractivity contribution in [2.45, 2.75) is 31.2 Å². The number of imidazole rings is 1. The van der Waals surface area contributed by atoms with E-state index < -0.39 is 0 Å². The molecule has 178 valence electrons. The molecule has 2 aromatic carbocycles. The van der Waals surface area contributed by atoms with Crippen LogP contribution in [0.2, 0.25) is 0 Å². The number of hydrogen-bond donors (Lipinski definition) is 0. The molecule has 0 aliphatic carbocycles. The maximum absolute atomic E-state index is 13.4. The van der Waals surface area contributed by atoms with Crippen LogP contribution < -0.4 is 14.4 Å². The highest BCUT2D eigenvalue weighted by molar-refractivity contribution is 7.99. The predicted octanol–water partition coefficient (Wildman–Crippen LogP) is 5.42. The van der Waals surface area contributed by atoms with Crippen LogP contribution in [0, 0.1) is 6.92 Å². The second kappa shape index (κ2) is 11.4. The molecule has 0 N–H and O–H groups in total. The van der Waals surface area contributed by atoms with Gasteiger partial charge in [0.1, 0.15) is 21.7 Å². The largest absolute Gasteiger partial charge is 0.495 e. The molecule has 7 nitrogen and oxygen atoms in total. The van der Waals surface area contributed by atoms with Crippen molar-refractivity contribution >= 4 is 44.4 Å². The maximum Gasteiger partial charge on any atom is 0.229 e. The number of ether oxygens (including phenoxy) is 2. The van der Waals surface area contributed by atoms with Crippen molar-refractivity contribution in [3.63, 3.8) is 0 Å². The molecule has 0 unspecified atom stereocenters. The van der Waals surface area contributed by atoms with Crippen LogP contribution in [0.25, 0.3) is 10.2 Å². The van der Waals surface area contributed by atoms with E-state index in [2.05, 4.69) is 36.2 Å². The van der Waals surface area contributed by atoms with E-state index in [0.717, 1.165) is 23.4 Å². The molecule has 0 radical (unpaired) electrons. The Hall–Kier alpha value is -3.04. The van der Waals surface area contributed by atoms with Crippen LogP contribution in [0.15, 0.2) is 60.0 Å². The molecule has 1 amide bonds. The number of fused-ring (bicyclic) bond motifs is 1. The van der Waals surface area contributed by atoms with Crippen molar-refractivity contribution in [2.24, 2.45) is 0 Å². The first-order chi connectivity index (χ1) is 16.6. The quantitative estimate of drug-likeness (QED) is 0.258. The summed E-state index contributed by atoms with van der Waals surface area (Å²) in [6, 6.07) is 12.1. The van der Waals surface area contributed by atoms with Crippen molar-refractivity contribution < 1.29 is 14.3 Å². The van der Waals surface area contributed by atoms with Gasteiger partial charge in [0.2, 0.25) is 5.91 Å². The van der Waals surface area contributed by atoms with Crippen LogP contribution in [-0.4, -0.2) is 47.0 Å². The molecule has 0 saturated carbocycles. The van der Waals surface area contributed by atoms with Crippen molar-refractivity contribution in [2.75, 3.05) is 31.4 Å². The summed E-state index contributed by atoms with van der Waals surface area (Å²) in [5.74, 6) is 2.15. The van der Waals surface area contributed by atoms with Crippen LogP contribution in [0.4, 0.5) is 5.13 Å². The van der Waals surface area contributed by atoms with Gasteiger partial charge in [-0.3, -0.25) is 9.69 Å². The van der Waals surface area contributed by atoms with Gasteiger partial charge in [0.15, 0.2) is 5.13 Å². The Labute approximate surface area is 207 Å². The number of methoxy groups -OCH3 is 2. The van der Waals surface area contributed by atoms with Crippen LogP contribution >= 0.6 is 23.1 Å². The van der Waals surface area contributed by atoms with Gasteiger partial charge in [-0.1, -0.05) is 29.0 Å². The van der Waals surface area contributed by atoms with E-state index in [4.69, 9.17) is 14.5 Å². The summed E-state index contributed by atoms with van der Waals surface area (Å²) in [6.45, 7) is 3.41. The lowest BCUT2D eigenvalue weighted by atomic mass is 10.2. The third kappa shape index (κ3) is 5.71. The topological polar surface area (TPSA) is 69.5 Å². The number of nitrogens with zero attached hydrogens (tertiary/aromatic N) is 4. The number of anilines is 1. The number of thioether (sulfide) groups is 1. The molecule has 0 aliphatic rings. The Kier molecular flexibility index (Phi) is 8.08. The van der Waals surface area contributed by atoms with Crippen LogP contribution in [0.3, 0.4) is 0 Å². The Bertz CT molecular complexity index is 1180. The molecule has 4 rings (SSSR count). The van der Waals surface area contributed by atoms with Crippen LogP contribution in [-0.2, 0) is 11.3 Å². The number of amides is 1. The summed E-state index contributed by atoms with van der Waals surface area (Å²) < 4.78 is 13.9. The summed E-state index contributed by atoms with van der Waals surface area (Å²) in [5, 5.41) is 0.661. The van der Waals surface area contributed by atoms with Gasteiger partial charge in [-0.25, -0.2) is 9.97 Å². The number of rotatable bonds is 11. The van der Waals surface area contributed by atoms with E-state index in [9.17, 15) is 4.79 Å².